The minimum Gasteiger partial charge on any atom is -0.497 e. The highest BCUT2D eigenvalue weighted by molar-refractivity contribution is 5.89. The average molecular weight is 359 g/mol. The molecule has 2 unspecified atom stereocenters. The molecule has 1 aromatic heterocycles. The van der Waals surface area contributed by atoms with Crippen LogP contribution in [0.4, 0.5) is 0 Å². The zero-order valence-corrected chi connectivity index (χ0v) is 14.9. The van der Waals surface area contributed by atoms with Gasteiger partial charge in [0, 0.05) is 17.4 Å². The first-order chi connectivity index (χ1) is 12.4. The van der Waals surface area contributed by atoms with E-state index in [9.17, 15) is 9.59 Å². The van der Waals surface area contributed by atoms with E-state index in [0.717, 1.165) is 23.5 Å². The molecular weight excluding hydrogens is 338 g/mol. The Morgan fingerprint density at radius 2 is 2.04 bits per heavy atom. The van der Waals surface area contributed by atoms with Crippen molar-refractivity contribution in [2.24, 2.45) is 5.92 Å². The number of furan rings is 1. The second kappa shape index (κ2) is 7.11. The first-order valence-corrected chi connectivity index (χ1v) is 8.26. The van der Waals surface area contributed by atoms with Gasteiger partial charge in [0.25, 0.3) is 0 Å². The number of nitrogens with one attached hydrogen (secondary N) is 1. The van der Waals surface area contributed by atoms with Crippen molar-refractivity contribution in [3.63, 3.8) is 0 Å². The van der Waals surface area contributed by atoms with Gasteiger partial charge in [-0.15, -0.1) is 0 Å². The molecule has 0 radical (unpaired) electrons. The molecule has 0 bridgehead atoms. The Kier molecular flexibility index (Phi) is 4.88. The van der Waals surface area contributed by atoms with Crippen LogP contribution in [0.1, 0.15) is 39.8 Å². The fourth-order valence-electron chi connectivity index (χ4n) is 3.11. The van der Waals surface area contributed by atoms with Gasteiger partial charge in [-0.1, -0.05) is 0 Å². The van der Waals surface area contributed by atoms with Gasteiger partial charge in [-0.3, -0.25) is 4.79 Å². The molecule has 0 saturated heterocycles. The van der Waals surface area contributed by atoms with E-state index >= 15 is 0 Å². The molecule has 3 rings (SSSR count). The summed E-state index contributed by atoms with van der Waals surface area (Å²) in [6, 6.07) is 6.98. The second-order valence-electron chi connectivity index (χ2n) is 6.26. The average Bonchev–Trinajstić information content (AvgIpc) is 3.34. The van der Waals surface area contributed by atoms with Gasteiger partial charge in [0.05, 0.1) is 20.8 Å². The van der Waals surface area contributed by atoms with Crippen LogP contribution in [0.25, 0.3) is 0 Å². The zero-order chi connectivity index (χ0) is 18.8. The molecule has 0 spiro atoms. The van der Waals surface area contributed by atoms with Crippen LogP contribution in [-0.2, 0) is 11.3 Å². The summed E-state index contributed by atoms with van der Waals surface area (Å²) in [6.45, 7) is 1.74. The van der Waals surface area contributed by atoms with Gasteiger partial charge in [0.2, 0.25) is 5.91 Å². The van der Waals surface area contributed by atoms with E-state index in [0.29, 0.717) is 11.5 Å². The third kappa shape index (κ3) is 3.51. The largest absolute Gasteiger partial charge is 0.497 e. The van der Waals surface area contributed by atoms with E-state index in [4.69, 9.17) is 19.0 Å². The topological polar surface area (TPSA) is 98.0 Å². The van der Waals surface area contributed by atoms with Gasteiger partial charge in [-0.25, -0.2) is 4.79 Å². The van der Waals surface area contributed by atoms with E-state index in [-0.39, 0.29) is 29.9 Å². The molecule has 1 aromatic carbocycles. The predicted molar refractivity (Wildman–Crippen MR) is 92.6 cm³/mol. The van der Waals surface area contributed by atoms with E-state index < -0.39 is 5.97 Å². The fourth-order valence-corrected chi connectivity index (χ4v) is 3.11. The van der Waals surface area contributed by atoms with Crippen LogP contribution in [0, 0.1) is 12.8 Å². The lowest BCUT2D eigenvalue weighted by molar-refractivity contribution is -0.122. The van der Waals surface area contributed by atoms with Crippen LogP contribution < -0.4 is 14.8 Å². The van der Waals surface area contributed by atoms with Crippen molar-refractivity contribution >= 4 is 11.9 Å². The highest BCUT2D eigenvalue weighted by atomic mass is 16.5. The van der Waals surface area contributed by atoms with Crippen LogP contribution >= 0.6 is 0 Å². The van der Waals surface area contributed by atoms with Crippen molar-refractivity contribution in [1.29, 1.82) is 0 Å². The number of aryl methyl sites for hydroxylation is 1. The molecule has 1 heterocycles. The number of amides is 1. The SMILES string of the molecule is COc1ccc(OC)c(C2CC2C(=O)NCc2cc(C(=O)O)c(C)o2)c1. The van der Waals surface area contributed by atoms with Gasteiger partial charge >= 0.3 is 5.97 Å². The number of carboxylic acids is 1. The van der Waals surface area contributed by atoms with Gasteiger partial charge < -0.3 is 24.3 Å². The quantitative estimate of drug-likeness (QED) is 0.789. The zero-order valence-electron chi connectivity index (χ0n) is 14.9. The molecule has 26 heavy (non-hydrogen) atoms. The molecule has 2 atom stereocenters. The number of benzene rings is 1. The van der Waals surface area contributed by atoms with Crippen molar-refractivity contribution in [2.75, 3.05) is 14.2 Å². The molecule has 138 valence electrons. The standard InChI is InChI=1S/C19H21NO6/c1-10-13(19(22)23)7-12(26-10)9-20-18(21)16-8-14(16)15-6-11(24-2)4-5-17(15)25-3/h4-7,14,16H,8-9H2,1-3H3,(H,20,21)(H,22,23). The fraction of sp³-hybridized carbons (Fsp3) is 0.368. The Bertz CT molecular complexity index is 841. The minimum atomic E-state index is -1.05. The minimum absolute atomic E-state index is 0.0768. The number of methoxy groups -OCH3 is 2. The molecule has 7 heteroatoms. The number of ether oxygens (including phenoxy) is 2. The van der Waals surface area contributed by atoms with E-state index in [1.54, 1.807) is 21.1 Å². The maximum Gasteiger partial charge on any atom is 0.339 e. The van der Waals surface area contributed by atoms with Crippen LogP contribution in [0.15, 0.2) is 28.7 Å². The predicted octanol–water partition coefficient (Wildman–Crippen LogP) is 2.72. The normalized spacial score (nSPS) is 18.3. The highest BCUT2D eigenvalue weighted by Crippen LogP contribution is 2.51. The molecular formula is C19H21NO6. The van der Waals surface area contributed by atoms with Crippen molar-refractivity contribution in [3.8, 4) is 11.5 Å². The maximum absolute atomic E-state index is 12.4. The summed E-state index contributed by atoms with van der Waals surface area (Å²) in [6.07, 6.45) is 0.729. The summed E-state index contributed by atoms with van der Waals surface area (Å²) in [7, 11) is 3.20. The van der Waals surface area contributed by atoms with Gasteiger partial charge in [0.15, 0.2) is 0 Å². The Balaban J connectivity index is 1.63. The van der Waals surface area contributed by atoms with Crippen molar-refractivity contribution < 1.29 is 28.6 Å². The monoisotopic (exact) mass is 359 g/mol. The third-order valence-electron chi connectivity index (χ3n) is 4.60. The number of hydrogen-bond donors (Lipinski definition) is 2. The lowest BCUT2D eigenvalue weighted by Crippen LogP contribution is -2.24. The number of rotatable bonds is 7. The summed E-state index contributed by atoms with van der Waals surface area (Å²) < 4.78 is 16.0. The van der Waals surface area contributed by atoms with E-state index in [1.165, 1.54) is 6.07 Å². The number of carboxylic acid groups (broad SMARTS) is 1. The number of carbonyl (C=O) groups excluding carboxylic acids is 1. The third-order valence-corrected chi connectivity index (χ3v) is 4.60. The van der Waals surface area contributed by atoms with Gasteiger partial charge in [-0.05, 0) is 37.6 Å². The van der Waals surface area contributed by atoms with Crippen LogP contribution in [-0.4, -0.2) is 31.2 Å². The van der Waals surface area contributed by atoms with Crippen LogP contribution in [0.3, 0.4) is 0 Å². The maximum atomic E-state index is 12.4. The molecule has 1 aliphatic carbocycles. The molecule has 2 N–H and O–H groups in total. The first kappa shape index (κ1) is 17.8. The van der Waals surface area contributed by atoms with Crippen LogP contribution in [0.5, 0.6) is 11.5 Å². The smallest absolute Gasteiger partial charge is 0.339 e. The van der Waals surface area contributed by atoms with Crippen LogP contribution in [0.2, 0.25) is 0 Å². The summed E-state index contributed by atoms with van der Waals surface area (Å²) in [5, 5.41) is 11.8. The number of carbonyl (C=O) groups is 2. The lowest BCUT2D eigenvalue weighted by Gasteiger charge is -2.10. The Labute approximate surface area is 150 Å². The molecule has 2 aromatic rings. The summed E-state index contributed by atoms with van der Waals surface area (Å²) in [4.78, 5) is 23.4. The summed E-state index contributed by atoms with van der Waals surface area (Å²) in [5.41, 5.74) is 1.06. The van der Waals surface area contributed by atoms with E-state index in [1.807, 2.05) is 18.2 Å². The molecule has 1 aliphatic rings. The summed E-state index contributed by atoms with van der Waals surface area (Å²) >= 11 is 0. The second-order valence-corrected chi connectivity index (χ2v) is 6.26. The Morgan fingerprint density at radius 1 is 1.27 bits per heavy atom. The molecule has 7 nitrogen and oxygen atoms in total. The lowest BCUT2D eigenvalue weighted by atomic mass is 10.1. The molecule has 1 fully saturated rings. The Hall–Kier alpha value is -2.96. The van der Waals surface area contributed by atoms with Gasteiger partial charge in [0.1, 0.15) is 28.6 Å². The van der Waals surface area contributed by atoms with Crippen molar-refractivity contribution in [2.45, 2.75) is 25.8 Å². The van der Waals surface area contributed by atoms with E-state index in [2.05, 4.69) is 5.32 Å². The first-order valence-electron chi connectivity index (χ1n) is 8.26. The number of aromatic carboxylic acids is 1. The molecule has 1 amide bonds. The number of hydrogen-bond acceptors (Lipinski definition) is 5. The van der Waals surface area contributed by atoms with Crippen molar-refractivity contribution in [3.05, 3.63) is 46.9 Å². The van der Waals surface area contributed by atoms with Gasteiger partial charge in [-0.2, -0.15) is 0 Å². The molecule has 0 aliphatic heterocycles. The van der Waals surface area contributed by atoms with Crippen molar-refractivity contribution in [1.82, 2.24) is 5.32 Å². The summed E-state index contributed by atoms with van der Waals surface area (Å²) in [5.74, 6) is 0.996. The molecule has 1 saturated carbocycles. The highest BCUT2D eigenvalue weighted by Gasteiger charge is 2.45. The Morgan fingerprint density at radius 3 is 2.65 bits per heavy atom.